The van der Waals surface area contributed by atoms with Crippen LogP contribution in [0, 0.1) is 13.8 Å². The van der Waals surface area contributed by atoms with Crippen LogP contribution in [0.5, 0.6) is 11.5 Å². The Kier molecular flexibility index (Phi) is 4.04. The Bertz CT molecular complexity index is 846. The zero-order valence-corrected chi connectivity index (χ0v) is 14.2. The number of para-hydroxylation sites is 1. The highest BCUT2D eigenvalue weighted by Gasteiger charge is 2.30. The number of nitrogens with zero attached hydrogens (tertiary/aromatic N) is 1. The zero-order chi connectivity index (χ0) is 16.6. The Morgan fingerprint density at radius 3 is 2.65 bits per heavy atom. The minimum absolute atomic E-state index is 0.0350. The maximum atomic E-state index is 12.2. The molecule has 0 aromatic heterocycles. The second-order valence-corrected chi connectivity index (χ2v) is 7.30. The van der Waals surface area contributed by atoms with Crippen LogP contribution >= 0.6 is 0 Å². The molecule has 1 aliphatic heterocycles. The third kappa shape index (κ3) is 3.04. The van der Waals surface area contributed by atoms with Crippen LogP contribution in [0.2, 0.25) is 0 Å². The van der Waals surface area contributed by atoms with Gasteiger partial charge >= 0.3 is 0 Å². The first-order valence-electron chi connectivity index (χ1n) is 7.52. The fraction of sp³-hybridized carbons (Fsp3) is 0.294. The molecule has 2 aromatic carbocycles. The molecule has 3 rings (SSSR count). The molecule has 0 spiro atoms. The first-order chi connectivity index (χ1) is 10.9. The summed E-state index contributed by atoms with van der Waals surface area (Å²) in [4.78, 5) is 0. The van der Waals surface area contributed by atoms with Crippen molar-refractivity contribution in [2.75, 3.05) is 10.8 Å². The molecule has 122 valence electrons. The lowest BCUT2D eigenvalue weighted by molar-refractivity contribution is 0.308. The van der Waals surface area contributed by atoms with Gasteiger partial charge in [0.15, 0.2) is 11.5 Å². The molecular formula is C17H19NO4S. The largest absolute Gasteiger partial charge is 0.452 e. The highest BCUT2D eigenvalue weighted by molar-refractivity contribution is 7.86. The van der Waals surface area contributed by atoms with E-state index in [0.717, 1.165) is 11.1 Å². The lowest BCUT2D eigenvalue weighted by atomic mass is 10.1. The summed E-state index contributed by atoms with van der Waals surface area (Å²) in [6.45, 7) is 5.67. The maximum Gasteiger partial charge on any atom is 0.288 e. The standard InChI is InChI=1S/C17H19NO4S/c1-4-10-23(19,20)22-18-14-9-8-12(2)11-16(14)21-17-13(3)6-5-7-15(17)18/h5-9,11H,4,10H2,1-3H3. The minimum Gasteiger partial charge on any atom is -0.452 e. The second kappa shape index (κ2) is 5.86. The predicted molar refractivity (Wildman–Crippen MR) is 89.7 cm³/mol. The Labute approximate surface area is 136 Å². The van der Waals surface area contributed by atoms with Gasteiger partial charge in [-0.3, -0.25) is 0 Å². The fourth-order valence-corrected chi connectivity index (χ4v) is 3.48. The summed E-state index contributed by atoms with van der Waals surface area (Å²) < 4.78 is 35.7. The van der Waals surface area contributed by atoms with Gasteiger partial charge in [0, 0.05) is 0 Å². The average molecular weight is 333 g/mol. The van der Waals surface area contributed by atoms with Crippen molar-refractivity contribution < 1.29 is 17.4 Å². The van der Waals surface area contributed by atoms with Gasteiger partial charge in [0.2, 0.25) is 0 Å². The average Bonchev–Trinajstić information content (AvgIpc) is 2.47. The summed E-state index contributed by atoms with van der Waals surface area (Å²) in [7, 11) is -3.67. The van der Waals surface area contributed by atoms with Gasteiger partial charge in [-0.1, -0.05) is 25.1 Å². The molecule has 0 aliphatic carbocycles. The van der Waals surface area contributed by atoms with Crippen molar-refractivity contribution in [3.8, 4) is 11.5 Å². The summed E-state index contributed by atoms with van der Waals surface area (Å²) in [6, 6.07) is 11.1. The number of aryl methyl sites for hydroxylation is 2. The summed E-state index contributed by atoms with van der Waals surface area (Å²) in [5.41, 5.74) is 3.10. The van der Waals surface area contributed by atoms with Crippen molar-refractivity contribution in [2.24, 2.45) is 0 Å². The van der Waals surface area contributed by atoms with Crippen molar-refractivity contribution in [1.29, 1.82) is 0 Å². The van der Waals surface area contributed by atoms with Gasteiger partial charge in [0.05, 0.1) is 5.75 Å². The normalized spacial score (nSPS) is 13.3. The number of fused-ring (bicyclic) bond motifs is 2. The molecule has 0 bridgehead atoms. The first-order valence-corrected chi connectivity index (χ1v) is 9.09. The Morgan fingerprint density at radius 1 is 1.13 bits per heavy atom. The van der Waals surface area contributed by atoms with E-state index in [0.29, 0.717) is 29.3 Å². The van der Waals surface area contributed by atoms with E-state index >= 15 is 0 Å². The van der Waals surface area contributed by atoms with E-state index in [2.05, 4.69) is 0 Å². The lowest BCUT2D eigenvalue weighted by Gasteiger charge is -2.31. The SMILES string of the molecule is CCCS(=O)(=O)ON1c2ccc(C)cc2Oc2c(C)cccc21. The van der Waals surface area contributed by atoms with E-state index in [-0.39, 0.29) is 5.75 Å². The van der Waals surface area contributed by atoms with Crippen LogP contribution in [0.1, 0.15) is 24.5 Å². The van der Waals surface area contributed by atoms with E-state index in [1.807, 2.05) is 38.1 Å². The van der Waals surface area contributed by atoms with Gasteiger partial charge in [-0.05, 0) is 49.6 Å². The van der Waals surface area contributed by atoms with Crippen molar-refractivity contribution in [3.63, 3.8) is 0 Å². The second-order valence-electron chi connectivity index (χ2n) is 5.63. The van der Waals surface area contributed by atoms with Crippen molar-refractivity contribution in [3.05, 3.63) is 47.5 Å². The van der Waals surface area contributed by atoms with Crippen LogP contribution in [0.4, 0.5) is 11.4 Å². The van der Waals surface area contributed by atoms with E-state index in [9.17, 15) is 8.42 Å². The van der Waals surface area contributed by atoms with Gasteiger partial charge in [0.25, 0.3) is 10.1 Å². The lowest BCUT2D eigenvalue weighted by Crippen LogP contribution is -2.27. The monoisotopic (exact) mass is 333 g/mol. The van der Waals surface area contributed by atoms with Gasteiger partial charge in [-0.2, -0.15) is 13.5 Å². The maximum absolute atomic E-state index is 12.2. The third-order valence-corrected chi connectivity index (χ3v) is 4.88. The molecular weight excluding hydrogens is 314 g/mol. The Balaban J connectivity index is 2.13. The van der Waals surface area contributed by atoms with Crippen LogP contribution in [-0.4, -0.2) is 14.2 Å². The quantitative estimate of drug-likeness (QED) is 0.838. The molecule has 0 unspecified atom stereocenters. The predicted octanol–water partition coefficient (Wildman–Crippen LogP) is 4.22. The molecule has 0 saturated heterocycles. The first kappa shape index (κ1) is 15.8. The Hall–Kier alpha value is -2.05. The van der Waals surface area contributed by atoms with E-state index in [1.54, 1.807) is 19.1 Å². The van der Waals surface area contributed by atoms with Crippen LogP contribution in [0.25, 0.3) is 0 Å². The molecule has 1 aliphatic rings. The third-order valence-electron chi connectivity index (χ3n) is 3.60. The topological polar surface area (TPSA) is 55.8 Å². The summed E-state index contributed by atoms with van der Waals surface area (Å²) in [6.07, 6.45) is 0.494. The molecule has 2 aromatic rings. The molecule has 0 atom stereocenters. The van der Waals surface area contributed by atoms with Gasteiger partial charge in [-0.25, -0.2) is 0 Å². The molecule has 0 radical (unpaired) electrons. The molecule has 0 fully saturated rings. The van der Waals surface area contributed by atoms with Gasteiger partial charge in [-0.15, -0.1) is 4.28 Å². The van der Waals surface area contributed by atoms with Crippen LogP contribution < -0.4 is 9.80 Å². The summed E-state index contributed by atoms with van der Waals surface area (Å²) in [5, 5.41) is 1.35. The van der Waals surface area contributed by atoms with E-state index in [1.165, 1.54) is 5.06 Å². The van der Waals surface area contributed by atoms with E-state index in [4.69, 9.17) is 9.02 Å². The van der Waals surface area contributed by atoms with Crippen molar-refractivity contribution in [2.45, 2.75) is 27.2 Å². The number of rotatable bonds is 4. The number of ether oxygens (including phenoxy) is 1. The van der Waals surface area contributed by atoms with Crippen molar-refractivity contribution in [1.82, 2.24) is 0 Å². The van der Waals surface area contributed by atoms with Gasteiger partial charge in [0.1, 0.15) is 11.4 Å². The fourth-order valence-electron chi connectivity index (χ4n) is 2.52. The molecule has 0 saturated carbocycles. The summed E-state index contributed by atoms with van der Waals surface area (Å²) in [5.74, 6) is 1.16. The molecule has 0 amide bonds. The van der Waals surface area contributed by atoms with E-state index < -0.39 is 10.1 Å². The van der Waals surface area contributed by atoms with Crippen LogP contribution in [0.15, 0.2) is 36.4 Å². The highest BCUT2D eigenvalue weighted by atomic mass is 32.2. The van der Waals surface area contributed by atoms with Gasteiger partial charge < -0.3 is 4.74 Å². The minimum atomic E-state index is -3.67. The number of benzene rings is 2. The van der Waals surface area contributed by atoms with Crippen molar-refractivity contribution >= 4 is 21.5 Å². The van der Waals surface area contributed by atoms with Crippen LogP contribution in [-0.2, 0) is 14.4 Å². The number of hydrogen-bond acceptors (Lipinski definition) is 5. The summed E-state index contributed by atoms with van der Waals surface area (Å²) >= 11 is 0. The smallest absolute Gasteiger partial charge is 0.288 e. The molecule has 0 N–H and O–H groups in total. The zero-order valence-electron chi connectivity index (χ0n) is 13.4. The molecule has 6 heteroatoms. The molecule has 1 heterocycles. The number of hydrogen-bond donors (Lipinski definition) is 0. The number of anilines is 2. The molecule has 23 heavy (non-hydrogen) atoms. The highest BCUT2D eigenvalue weighted by Crippen LogP contribution is 2.48. The van der Waals surface area contributed by atoms with Crippen LogP contribution in [0.3, 0.4) is 0 Å². The Morgan fingerprint density at radius 2 is 1.91 bits per heavy atom. The molecule has 5 nitrogen and oxygen atoms in total.